The molecule has 2 saturated heterocycles. The number of aromatic nitrogens is 1. The summed E-state index contributed by atoms with van der Waals surface area (Å²) in [5.41, 5.74) is 1.74. The van der Waals surface area contributed by atoms with E-state index in [1.807, 2.05) is 36.4 Å². The fourth-order valence-corrected chi connectivity index (χ4v) is 8.97. The van der Waals surface area contributed by atoms with Crippen molar-refractivity contribution in [3.8, 4) is 5.75 Å². The summed E-state index contributed by atoms with van der Waals surface area (Å²) in [7, 11) is 2.09. The van der Waals surface area contributed by atoms with Crippen molar-refractivity contribution in [2.45, 2.75) is 94.3 Å². The van der Waals surface area contributed by atoms with E-state index in [-0.39, 0.29) is 47.9 Å². The minimum atomic E-state index is -0.946. The largest absolute Gasteiger partial charge is 0.493 e. The molecular formula is C38H51ClN6O6S. The van der Waals surface area contributed by atoms with Crippen LogP contribution in [0.5, 0.6) is 5.75 Å². The Bertz CT molecular complexity index is 1610. The number of allylic oxidation sites excluding steroid dienone is 1. The summed E-state index contributed by atoms with van der Waals surface area (Å²) in [4.78, 5) is 63.3. The first-order chi connectivity index (χ1) is 25.2. The topological polar surface area (TPSA) is 151 Å². The molecule has 2 aromatic rings. The summed E-state index contributed by atoms with van der Waals surface area (Å²) in [6, 6.07) is 4.77. The van der Waals surface area contributed by atoms with Gasteiger partial charge in [0.05, 0.1) is 28.7 Å². The molecule has 6 rings (SSSR count). The molecular weight excluding hydrogens is 704 g/mol. The van der Waals surface area contributed by atoms with Crippen LogP contribution in [0.2, 0.25) is 0 Å². The molecule has 2 fully saturated rings. The Morgan fingerprint density at radius 1 is 0.962 bits per heavy atom. The molecule has 0 spiro atoms. The highest BCUT2D eigenvalue weighted by Gasteiger charge is 2.37. The molecule has 0 radical (unpaired) electrons. The number of thiazole rings is 1. The second-order valence-corrected chi connectivity index (χ2v) is 16.1. The molecule has 14 heteroatoms. The van der Waals surface area contributed by atoms with E-state index in [2.05, 4.69) is 33.2 Å². The summed E-state index contributed by atoms with van der Waals surface area (Å²) in [6.07, 6.45) is 8.92. The number of amides is 4. The number of likely N-dealkylation sites (tertiary alicyclic amines) is 1. The van der Waals surface area contributed by atoms with Crippen LogP contribution in [0.3, 0.4) is 0 Å². The molecule has 282 valence electrons. The number of alkyl halides is 1. The van der Waals surface area contributed by atoms with Gasteiger partial charge in [-0.3, -0.25) is 19.2 Å². The zero-order chi connectivity index (χ0) is 36.6. The minimum Gasteiger partial charge on any atom is -0.493 e. The zero-order valence-electron chi connectivity index (χ0n) is 30.0. The van der Waals surface area contributed by atoms with Gasteiger partial charge >= 0.3 is 0 Å². The zero-order valence-corrected chi connectivity index (χ0v) is 31.6. The first-order valence-electron chi connectivity index (χ1n) is 18.7. The van der Waals surface area contributed by atoms with Gasteiger partial charge in [0.15, 0.2) is 0 Å². The lowest BCUT2D eigenvalue weighted by molar-refractivity contribution is -0.136. The molecule has 4 heterocycles. The van der Waals surface area contributed by atoms with Crippen molar-refractivity contribution in [2.24, 2.45) is 11.8 Å². The van der Waals surface area contributed by atoms with Crippen LogP contribution in [0.4, 0.5) is 0 Å². The standard InChI is InChI=1S/C38H51ClN6O6S/c1-3-33(46)40-30(22-34-41-28-9-8-25(39)21-32(28)52-34)37(48)44-35(24-12-17-50-18-13-24)38(49)43-29(20-23-10-15-45(2)16-11-23)36(47)42-27-14-19-51-31-7-5-4-6-26(27)31/h4-9,23-25,27,29-30,35H,3,10-22H2,1-2H3,(H,40,46)(H,42,47)(H,43,49)(H,44,48)/t25?,27-,29+,30?,35+/m1/s1. The van der Waals surface area contributed by atoms with Crippen LogP contribution in [-0.4, -0.2) is 97.0 Å². The first-order valence-corrected chi connectivity index (χ1v) is 19.9. The number of rotatable bonds is 13. The van der Waals surface area contributed by atoms with E-state index in [0.717, 1.165) is 47.8 Å². The predicted molar refractivity (Wildman–Crippen MR) is 200 cm³/mol. The van der Waals surface area contributed by atoms with E-state index >= 15 is 0 Å². The Morgan fingerprint density at radius 3 is 2.50 bits per heavy atom. The number of benzene rings is 1. The summed E-state index contributed by atoms with van der Waals surface area (Å²) in [6.45, 7) is 4.98. The molecule has 52 heavy (non-hydrogen) atoms. The monoisotopic (exact) mass is 754 g/mol. The molecule has 4 amide bonds. The first kappa shape index (κ1) is 38.2. The van der Waals surface area contributed by atoms with Crippen LogP contribution in [0.1, 0.15) is 79.1 Å². The van der Waals surface area contributed by atoms with Gasteiger partial charge in [0.25, 0.3) is 0 Å². The molecule has 0 saturated carbocycles. The molecule has 1 aromatic heterocycles. The normalized spacial score (nSPS) is 22.5. The van der Waals surface area contributed by atoms with Crippen LogP contribution in [0, 0.1) is 11.8 Å². The number of ether oxygens (including phenoxy) is 2. The van der Waals surface area contributed by atoms with E-state index in [1.165, 1.54) is 11.3 Å². The maximum absolute atomic E-state index is 14.4. The Morgan fingerprint density at radius 2 is 1.73 bits per heavy atom. The highest BCUT2D eigenvalue weighted by Crippen LogP contribution is 2.32. The van der Waals surface area contributed by atoms with E-state index in [1.54, 1.807) is 6.92 Å². The fourth-order valence-electron chi connectivity index (χ4n) is 7.49. The van der Waals surface area contributed by atoms with Crippen molar-refractivity contribution in [3.63, 3.8) is 0 Å². The Balaban J connectivity index is 1.21. The number of hydrogen-bond acceptors (Lipinski definition) is 9. The van der Waals surface area contributed by atoms with Crippen LogP contribution in [-0.2, 0) is 36.8 Å². The van der Waals surface area contributed by atoms with Crippen LogP contribution >= 0.6 is 22.9 Å². The number of halogens is 1. The van der Waals surface area contributed by atoms with Crippen molar-refractivity contribution in [2.75, 3.05) is 40.0 Å². The maximum Gasteiger partial charge on any atom is 0.243 e. The van der Waals surface area contributed by atoms with Gasteiger partial charge in [-0.2, -0.15) is 0 Å². The number of carbonyl (C=O) groups is 4. The molecule has 1 aliphatic carbocycles. The van der Waals surface area contributed by atoms with Crippen molar-refractivity contribution in [3.05, 3.63) is 51.5 Å². The number of nitrogens with zero attached hydrogens (tertiary/aromatic N) is 2. The molecule has 5 atom stereocenters. The maximum atomic E-state index is 14.4. The minimum absolute atomic E-state index is 0.115. The molecule has 3 aliphatic heterocycles. The van der Waals surface area contributed by atoms with Crippen LogP contribution < -0.4 is 26.0 Å². The lowest BCUT2D eigenvalue weighted by Crippen LogP contribution is -2.60. The van der Waals surface area contributed by atoms with Crippen LogP contribution in [0.15, 0.2) is 30.3 Å². The van der Waals surface area contributed by atoms with Gasteiger partial charge in [-0.25, -0.2) is 4.98 Å². The number of hydrogen-bond donors (Lipinski definition) is 4. The van der Waals surface area contributed by atoms with Gasteiger partial charge in [-0.15, -0.1) is 22.9 Å². The average Bonchev–Trinajstić information content (AvgIpc) is 3.55. The molecule has 2 unspecified atom stereocenters. The molecule has 0 bridgehead atoms. The van der Waals surface area contributed by atoms with Gasteiger partial charge in [0.1, 0.15) is 23.9 Å². The van der Waals surface area contributed by atoms with E-state index in [4.69, 9.17) is 26.1 Å². The number of para-hydroxylation sites is 1. The quantitative estimate of drug-likeness (QED) is 0.227. The second kappa shape index (κ2) is 18.0. The fraction of sp³-hybridized carbons (Fsp3) is 0.605. The number of fused-ring (bicyclic) bond motifs is 2. The van der Waals surface area contributed by atoms with Crippen molar-refractivity contribution < 1.29 is 28.7 Å². The molecule has 4 aliphatic rings. The van der Waals surface area contributed by atoms with E-state index in [0.29, 0.717) is 56.9 Å². The van der Waals surface area contributed by atoms with Gasteiger partial charge in [0, 0.05) is 49.3 Å². The summed E-state index contributed by atoms with van der Waals surface area (Å²) in [5.74, 6) is -0.620. The van der Waals surface area contributed by atoms with E-state index in [9.17, 15) is 19.2 Å². The number of piperidine rings is 1. The van der Waals surface area contributed by atoms with Crippen molar-refractivity contribution >= 4 is 52.6 Å². The Kier molecular flexibility index (Phi) is 13.2. The lowest BCUT2D eigenvalue weighted by Gasteiger charge is -2.35. The summed E-state index contributed by atoms with van der Waals surface area (Å²) >= 11 is 7.82. The SMILES string of the molecule is CCC(=O)NC(Cc1nc2c(s1)CC(Cl)C=C2)C(=O)N[C@H](C(=O)N[C@@H](CC1CCN(C)CC1)C(=O)N[C@@H]1CCOc2ccccc21)C1CCOCC1. The van der Waals surface area contributed by atoms with Crippen molar-refractivity contribution in [1.82, 2.24) is 31.2 Å². The average molecular weight is 755 g/mol. The Hall–Kier alpha value is -3.52. The smallest absolute Gasteiger partial charge is 0.243 e. The predicted octanol–water partition coefficient (Wildman–Crippen LogP) is 3.53. The third kappa shape index (κ3) is 9.91. The Labute approximate surface area is 314 Å². The van der Waals surface area contributed by atoms with E-state index < -0.39 is 29.9 Å². The molecule has 12 nitrogen and oxygen atoms in total. The number of nitrogens with one attached hydrogen (secondary N) is 4. The van der Waals surface area contributed by atoms with Gasteiger partial charge < -0.3 is 35.6 Å². The van der Waals surface area contributed by atoms with Crippen molar-refractivity contribution in [1.29, 1.82) is 0 Å². The summed E-state index contributed by atoms with van der Waals surface area (Å²) < 4.78 is 11.4. The highest BCUT2D eigenvalue weighted by atomic mass is 35.5. The molecule has 1 aromatic carbocycles. The highest BCUT2D eigenvalue weighted by molar-refractivity contribution is 7.11. The third-order valence-electron chi connectivity index (χ3n) is 10.6. The third-order valence-corrected chi connectivity index (χ3v) is 12.0. The van der Waals surface area contributed by atoms with Gasteiger partial charge in [0.2, 0.25) is 23.6 Å². The second-order valence-electron chi connectivity index (χ2n) is 14.4. The summed E-state index contributed by atoms with van der Waals surface area (Å²) in [5, 5.41) is 12.8. The lowest BCUT2D eigenvalue weighted by atomic mass is 9.88. The van der Waals surface area contributed by atoms with Gasteiger partial charge in [-0.05, 0) is 76.2 Å². The van der Waals surface area contributed by atoms with Gasteiger partial charge in [-0.1, -0.05) is 31.2 Å². The number of carbonyl (C=O) groups excluding carboxylic acids is 4. The molecule has 4 N–H and O–H groups in total. The van der Waals surface area contributed by atoms with Crippen LogP contribution in [0.25, 0.3) is 6.08 Å².